The summed E-state index contributed by atoms with van der Waals surface area (Å²) in [5, 5.41) is 3.90. The second-order valence-corrected chi connectivity index (χ2v) is 18.0. The van der Waals surface area contributed by atoms with Crippen molar-refractivity contribution in [1.82, 2.24) is 10.2 Å². The van der Waals surface area contributed by atoms with Crippen molar-refractivity contribution in [1.29, 1.82) is 0 Å². The van der Waals surface area contributed by atoms with E-state index in [4.69, 9.17) is 37.9 Å². The van der Waals surface area contributed by atoms with Crippen LogP contribution in [-0.2, 0) is 47.5 Å². The van der Waals surface area contributed by atoms with Crippen LogP contribution in [0, 0.1) is 35.5 Å². The van der Waals surface area contributed by atoms with Gasteiger partial charge in [0, 0.05) is 45.2 Å². The van der Waals surface area contributed by atoms with Crippen LogP contribution in [0.1, 0.15) is 105 Å². The lowest BCUT2D eigenvalue weighted by atomic mass is 9.64. The highest BCUT2D eigenvalue weighted by atomic mass is 16.7. The van der Waals surface area contributed by atoms with Crippen LogP contribution in [0.2, 0.25) is 0 Å². The average Bonchev–Trinajstić information content (AvgIpc) is 3.76. The Morgan fingerprint density at radius 3 is 2.21 bits per heavy atom. The van der Waals surface area contributed by atoms with E-state index in [2.05, 4.69) is 51.2 Å². The Bertz CT molecular complexity index is 1330. The van der Waals surface area contributed by atoms with Crippen molar-refractivity contribution in [2.45, 2.75) is 179 Å². The number of hydrogen-bond donors (Lipinski definition) is 1. The fourth-order valence-electron chi connectivity index (χ4n) is 11.5. The van der Waals surface area contributed by atoms with Gasteiger partial charge in [-0.3, -0.25) is 9.59 Å². The first-order valence-electron chi connectivity index (χ1n) is 22.0. The first-order chi connectivity index (χ1) is 26.9. The van der Waals surface area contributed by atoms with Crippen LogP contribution in [0.5, 0.6) is 0 Å². The van der Waals surface area contributed by atoms with E-state index in [1.165, 1.54) is 0 Å². The number of esters is 1. The molecule has 0 aromatic heterocycles. The molecule has 3 aliphatic heterocycles. The van der Waals surface area contributed by atoms with Gasteiger partial charge in [-0.1, -0.05) is 26.8 Å². The second-order valence-electron chi connectivity index (χ2n) is 18.0. The second kappa shape index (κ2) is 19.7. The first-order valence-corrected chi connectivity index (χ1v) is 22.0. The number of ether oxygens (including phenoxy) is 8. The lowest BCUT2D eigenvalue weighted by Gasteiger charge is -2.44. The Balaban J connectivity index is 1.26. The van der Waals surface area contributed by atoms with Crippen LogP contribution in [0.15, 0.2) is 11.6 Å². The molecule has 320 valence electrons. The molecule has 0 aromatic rings. The number of nitrogens with zero attached hydrogens (tertiary/aromatic N) is 1. The van der Waals surface area contributed by atoms with Crippen LogP contribution >= 0.6 is 0 Å². The monoisotopic (exact) mass is 791 g/mol. The van der Waals surface area contributed by atoms with Crippen molar-refractivity contribution in [2.75, 3.05) is 42.0 Å². The molecule has 0 amide bonds. The van der Waals surface area contributed by atoms with Crippen LogP contribution < -0.4 is 5.32 Å². The number of cyclic esters (lactones) is 1. The molecule has 3 saturated heterocycles. The lowest BCUT2D eigenvalue weighted by molar-refractivity contribution is -0.314. The molecule has 56 heavy (non-hydrogen) atoms. The Kier molecular flexibility index (Phi) is 15.5. The van der Waals surface area contributed by atoms with E-state index >= 15 is 0 Å². The highest BCUT2D eigenvalue weighted by molar-refractivity contribution is 5.99. The molecule has 18 atom stereocenters. The van der Waals surface area contributed by atoms with Crippen molar-refractivity contribution in [2.24, 2.45) is 35.5 Å². The molecular formula is C44H74N2O10. The van der Waals surface area contributed by atoms with Gasteiger partial charge in [-0.15, -0.1) is 0 Å². The third kappa shape index (κ3) is 9.44. The van der Waals surface area contributed by atoms with Crippen molar-refractivity contribution in [3.8, 4) is 0 Å². The number of allylic oxidation sites excluding steroid dienone is 2. The van der Waals surface area contributed by atoms with Crippen LogP contribution in [0.3, 0.4) is 0 Å². The SMILES string of the molecule is CCCN[C@@H]1C[C@@H]2[C@@H](C=C3C(=O)[C@H](C)[C@@H](O[C@H]4CC[C@H](N(C)C)C(C)O4)CCC[C@H](CC)OC(=O)C[C@H]32)[C@@H]2C[C@H](O[C@@H]3OC(C)[C@H](OC)C(OC)C3OC)C[C@H]21. The molecule has 0 aromatic carbocycles. The number of rotatable bonds is 12. The third-order valence-electron chi connectivity index (χ3n) is 14.5. The Hall–Kier alpha value is -1.48. The summed E-state index contributed by atoms with van der Waals surface area (Å²) in [7, 11) is 9.21. The average molecular weight is 791 g/mol. The van der Waals surface area contributed by atoms with Crippen molar-refractivity contribution in [3.05, 3.63) is 11.6 Å². The summed E-state index contributed by atoms with van der Waals surface area (Å²) in [4.78, 5) is 30.9. The zero-order valence-electron chi connectivity index (χ0n) is 36.0. The molecule has 6 aliphatic rings. The lowest BCUT2D eigenvalue weighted by Crippen LogP contribution is -2.59. The molecule has 0 spiro atoms. The number of Topliss-reactive ketones (excluding diaryl/α,β-unsaturated/α-hetero) is 1. The summed E-state index contributed by atoms with van der Waals surface area (Å²) in [5.74, 6) is 0.296. The molecule has 3 heterocycles. The number of nitrogens with one attached hydrogen (secondary N) is 1. The van der Waals surface area contributed by atoms with Gasteiger partial charge in [-0.05, 0) is 128 Å². The zero-order chi connectivity index (χ0) is 40.3. The maximum Gasteiger partial charge on any atom is 0.306 e. The van der Waals surface area contributed by atoms with E-state index in [0.717, 1.165) is 69.9 Å². The summed E-state index contributed by atoms with van der Waals surface area (Å²) >= 11 is 0. The van der Waals surface area contributed by atoms with Crippen LogP contribution in [0.4, 0.5) is 0 Å². The van der Waals surface area contributed by atoms with E-state index in [1.807, 2.05) is 13.8 Å². The smallest absolute Gasteiger partial charge is 0.306 e. The summed E-state index contributed by atoms with van der Waals surface area (Å²) in [6.45, 7) is 11.3. The molecule has 5 fully saturated rings. The fourth-order valence-corrected chi connectivity index (χ4v) is 11.5. The maximum absolute atomic E-state index is 14.9. The van der Waals surface area contributed by atoms with E-state index in [0.29, 0.717) is 18.4 Å². The molecule has 0 radical (unpaired) electrons. The van der Waals surface area contributed by atoms with Gasteiger partial charge in [0.15, 0.2) is 18.4 Å². The van der Waals surface area contributed by atoms with Crippen molar-refractivity contribution >= 4 is 11.8 Å². The van der Waals surface area contributed by atoms with Gasteiger partial charge in [0.05, 0.1) is 30.8 Å². The summed E-state index contributed by atoms with van der Waals surface area (Å²) in [5.41, 5.74) is 0.800. The Morgan fingerprint density at radius 1 is 0.821 bits per heavy atom. The maximum atomic E-state index is 14.9. The number of likely N-dealkylation sites (N-methyl/N-ethyl adjacent to an activating group) is 1. The predicted molar refractivity (Wildman–Crippen MR) is 212 cm³/mol. The number of ketones is 1. The molecule has 3 aliphatic carbocycles. The zero-order valence-corrected chi connectivity index (χ0v) is 36.0. The minimum Gasteiger partial charge on any atom is -0.462 e. The molecule has 4 unspecified atom stereocenters. The minimum atomic E-state index is -0.600. The highest BCUT2D eigenvalue weighted by Crippen LogP contribution is 2.57. The Morgan fingerprint density at radius 2 is 1.55 bits per heavy atom. The molecule has 2 saturated carbocycles. The quantitative estimate of drug-likeness (QED) is 0.245. The summed E-state index contributed by atoms with van der Waals surface area (Å²) < 4.78 is 50.2. The predicted octanol–water partition coefficient (Wildman–Crippen LogP) is 5.69. The van der Waals surface area contributed by atoms with Gasteiger partial charge in [0.2, 0.25) is 0 Å². The highest BCUT2D eigenvalue weighted by Gasteiger charge is 2.56. The van der Waals surface area contributed by atoms with E-state index < -0.39 is 12.4 Å². The van der Waals surface area contributed by atoms with Crippen LogP contribution in [0.25, 0.3) is 0 Å². The number of hydrogen-bond acceptors (Lipinski definition) is 12. The van der Waals surface area contributed by atoms with Crippen molar-refractivity contribution in [3.63, 3.8) is 0 Å². The standard InChI is InChI=1S/C44H74N2O10/c1-11-18-45-35-22-31-30(29-19-28(20-33(29)35)55-44-43(51-10)42(50-9)41(49-8)26(5)53-44)21-34-32(31)23-38(47)54-27(12-2)14-13-15-37(24(3)40(34)48)56-39-17-16-36(46(6)7)25(4)52-39/h21,24-33,35-37,39,41-45H,11-20,22-23H2,1-10H3/t24-,25?,26?,27+,28+,29+,30+,31-,32+,33-,35-,36+,37+,39+,41+,42?,43?,44+/m1/s1. The topological polar surface area (TPSA) is 123 Å². The normalized spacial score (nSPS) is 44.9. The third-order valence-corrected chi connectivity index (χ3v) is 14.5. The number of fused-ring (bicyclic) bond motifs is 5. The molecular weight excluding hydrogens is 716 g/mol. The largest absolute Gasteiger partial charge is 0.462 e. The molecule has 0 bridgehead atoms. The van der Waals surface area contributed by atoms with E-state index in [-0.39, 0.29) is 103 Å². The molecule has 12 heteroatoms. The number of methoxy groups -OCH3 is 3. The van der Waals surface area contributed by atoms with Gasteiger partial charge in [-0.25, -0.2) is 0 Å². The van der Waals surface area contributed by atoms with E-state index in [1.54, 1.807) is 21.3 Å². The Labute approximate surface area is 336 Å². The first kappa shape index (κ1) is 44.1. The van der Waals surface area contributed by atoms with Gasteiger partial charge in [-0.2, -0.15) is 0 Å². The minimum absolute atomic E-state index is 0.0356. The number of carbonyl (C=O) groups is 2. The van der Waals surface area contributed by atoms with Gasteiger partial charge in [0.1, 0.15) is 24.4 Å². The molecule has 1 N–H and O–H groups in total. The van der Waals surface area contributed by atoms with Gasteiger partial charge >= 0.3 is 5.97 Å². The van der Waals surface area contributed by atoms with Crippen molar-refractivity contribution < 1.29 is 47.5 Å². The van der Waals surface area contributed by atoms with Gasteiger partial charge < -0.3 is 48.1 Å². The molecule has 6 rings (SSSR count). The fraction of sp³-hybridized carbons (Fsp3) is 0.909. The number of carbonyl (C=O) groups excluding carboxylic acids is 2. The summed E-state index contributed by atoms with van der Waals surface area (Å²) in [6.07, 6.45) is 8.27. The molecule has 12 nitrogen and oxygen atoms in total. The van der Waals surface area contributed by atoms with Gasteiger partial charge in [0.25, 0.3) is 0 Å². The van der Waals surface area contributed by atoms with Crippen LogP contribution in [-0.4, -0.2) is 132 Å². The van der Waals surface area contributed by atoms with E-state index in [9.17, 15) is 9.59 Å². The summed E-state index contributed by atoms with van der Waals surface area (Å²) in [6, 6.07) is 0.584.